The highest BCUT2D eigenvalue weighted by molar-refractivity contribution is 9.10. The Balaban J connectivity index is 1.62. The van der Waals surface area contributed by atoms with Gasteiger partial charge in [-0.05, 0) is 40.9 Å². The van der Waals surface area contributed by atoms with Gasteiger partial charge in [-0.15, -0.1) is 0 Å². The van der Waals surface area contributed by atoms with Gasteiger partial charge in [0.1, 0.15) is 5.69 Å². The number of anilines is 1. The number of amides is 1. The van der Waals surface area contributed by atoms with Crippen molar-refractivity contribution in [3.63, 3.8) is 0 Å². The summed E-state index contributed by atoms with van der Waals surface area (Å²) in [4.78, 5) is 20.8. The number of aryl methyl sites for hydroxylation is 1. The van der Waals surface area contributed by atoms with E-state index in [1.807, 2.05) is 37.5 Å². The van der Waals surface area contributed by atoms with E-state index >= 15 is 0 Å². The van der Waals surface area contributed by atoms with E-state index in [1.54, 1.807) is 16.9 Å². The minimum atomic E-state index is -0.00542. The number of hydrogen-bond acceptors (Lipinski definition) is 4. The standard InChI is InChI=1S/C16H20BrN5O/c1-20-8-6-14(19-20)16(23)21(2)12-4-9-22(10-5-12)15-3-7-18-11-13(15)17/h3,6-8,11-12H,4-5,9-10H2,1-2H3. The first-order chi connectivity index (χ1) is 11.1. The zero-order valence-electron chi connectivity index (χ0n) is 13.3. The first-order valence-electron chi connectivity index (χ1n) is 7.67. The van der Waals surface area contributed by atoms with Gasteiger partial charge in [0.2, 0.25) is 0 Å². The molecule has 0 atom stereocenters. The van der Waals surface area contributed by atoms with Gasteiger partial charge in [0.15, 0.2) is 0 Å². The maximum atomic E-state index is 12.5. The number of hydrogen-bond donors (Lipinski definition) is 0. The van der Waals surface area contributed by atoms with Gasteiger partial charge in [-0.3, -0.25) is 14.5 Å². The topological polar surface area (TPSA) is 54.3 Å². The predicted molar refractivity (Wildman–Crippen MR) is 92.5 cm³/mol. The zero-order valence-corrected chi connectivity index (χ0v) is 14.9. The molecule has 0 radical (unpaired) electrons. The Bertz CT molecular complexity index is 693. The second-order valence-corrected chi connectivity index (χ2v) is 6.69. The van der Waals surface area contributed by atoms with Gasteiger partial charge in [-0.2, -0.15) is 5.10 Å². The van der Waals surface area contributed by atoms with Crippen LogP contribution in [-0.4, -0.2) is 51.8 Å². The molecule has 1 amide bonds. The number of halogens is 1. The average molecular weight is 378 g/mol. The van der Waals surface area contributed by atoms with E-state index in [1.165, 1.54) is 0 Å². The van der Waals surface area contributed by atoms with E-state index in [0.29, 0.717) is 5.69 Å². The summed E-state index contributed by atoms with van der Waals surface area (Å²) in [7, 11) is 3.70. The number of rotatable bonds is 3. The van der Waals surface area contributed by atoms with Crippen molar-refractivity contribution in [3.8, 4) is 0 Å². The fourth-order valence-corrected chi connectivity index (χ4v) is 3.50. The minimum absolute atomic E-state index is 0.00542. The molecule has 1 saturated heterocycles. The van der Waals surface area contributed by atoms with Gasteiger partial charge < -0.3 is 9.80 Å². The lowest BCUT2D eigenvalue weighted by Crippen LogP contribution is -2.45. The van der Waals surface area contributed by atoms with Gasteiger partial charge in [-0.1, -0.05) is 0 Å². The molecule has 3 rings (SSSR count). The van der Waals surface area contributed by atoms with Crippen LogP contribution in [0.15, 0.2) is 35.2 Å². The smallest absolute Gasteiger partial charge is 0.274 e. The molecule has 1 fully saturated rings. The summed E-state index contributed by atoms with van der Waals surface area (Å²) in [6.45, 7) is 1.85. The second kappa shape index (κ2) is 6.70. The van der Waals surface area contributed by atoms with Crippen molar-refractivity contribution in [2.75, 3.05) is 25.0 Å². The Labute approximate surface area is 144 Å². The maximum absolute atomic E-state index is 12.5. The molecule has 122 valence electrons. The molecule has 0 aromatic carbocycles. The van der Waals surface area contributed by atoms with Crippen LogP contribution in [0.1, 0.15) is 23.3 Å². The largest absolute Gasteiger partial charge is 0.370 e. The number of aromatic nitrogens is 3. The van der Waals surface area contributed by atoms with Crippen LogP contribution in [-0.2, 0) is 7.05 Å². The summed E-state index contributed by atoms with van der Waals surface area (Å²) in [5.41, 5.74) is 1.67. The van der Waals surface area contributed by atoms with Crippen LogP contribution in [0, 0.1) is 0 Å². The number of pyridine rings is 1. The normalized spacial score (nSPS) is 15.7. The molecule has 1 aliphatic heterocycles. The van der Waals surface area contributed by atoms with Gasteiger partial charge in [0.25, 0.3) is 5.91 Å². The van der Waals surface area contributed by atoms with Gasteiger partial charge in [0.05, 0.1) is 10.2 Å². The van der Waals surface area contributed by atoms with E-state index in [-0.39, 0.29) is 11.9 Å². The SMILES string of the molecule is CN(C(=O)c1ccn(C)n1)C1CCN(c2ccncc2Br)CC1. The lowest BCUT2D eigenvalue weighted by molar-refractivity contribution is 0.0702. The summed E-state index contributed by atoms with van der Waals surface area (Å²) in [5, 5.41) is 4.20. The number of carbonyl (C=O) groups excluding carboxylic acids is 1. The zero-order chi connectivity index (χ0) is 16.4. The summed E-state index contributed by atoms with van der Waals surface area (Å²) in [6, 6.07) is 4.04. The molecular formula is C16H20BrN5O. The number of nitrogens with zero attached hydrogens (tertiary/aromatic N) is 5. The predicted octanol–water partition coefficient (Wildman–Crippen LogP) is 2.32. The molecule has 0 aliphatic carbocycles. The van der Waals surface area contributed by atoms with Crippen molar-refractivity contribution in [3.05, 3.63) is 40.9 Å². The van der Waals surface area contributed by atoms with Crippen LogP contribution in [0.4, 0.5) is 5.69 Å². The van der Waals surface area contributed by atoms with Crippen LogP contribution in [0.3, 0.4) is 0 Å². The molecule has 2 aromatic heterocycles. The number of carbonyl (C=O) groups is 1. The lowest BCUT2D eigenvalue weighted by Gasteiger charge is -2.37. The van der Waals surface area contributed by atoms with Crippen molar-refractivity contribution in [2.45, 2.75) is 18.9 Å². The van der Waals surface area contributed by atoms with Crippen LogP contribution < -0.4 is 4.90 Å². The average Bonchev–Trinajstić information content (AvgIpc) is 3.01. The summed E-state index contributed by atoms with van der Waals surface area (Å²) in [6.07, 6.45) is 7.32. The van der Waals surface area contributed by atoms with Crippen molar-refractivity contribution in [1.29, 1.82) is 0 Å². The Hall–Kier alpha value is -1.89. The van der Waals surface area contributed by atoms with Crippen molar-refractivity contribution in [2.24, 2.45) is 7.05 Å². The molecular weight excluding hydrogens is 358 g/mol. The molecule has 0 unspecified atom stereocenters. The molecule has 2 aromatic rings. The minimum Gasteiger partial charge on any atom is -0.370 e. The molecule has 6 nitrogen and oxygen atoms in total. The Kier molecular flexibility index (Phi) is 4.66. The first kappa shape index (κ1) is 16.0. The van der Waals surface area contributed by atoms with Crippen LogP contribution in [0.2, 0.25) is 0 Å². The van der Waals surface area contributed by atoms with E-state index in [9.17, 15) is 4.79 Å². The lowest BCUT2D eigenvalue weighted by atomic mass is 10.0. The monoisotopic (exact) mass is 377 g/mol. The Morgan fingerprint density at radius 2 is 2.09 bits per heavy atom. The highest BCUT2D eigenvalue weighted by atomic mass is 79.9. The van der Waals surface area contributed by atoms with Crippen LogP contribution in [0.5, 0.6) is 0 Å². The van der Waals surface area contributed by atoms with Crippen molar-refractivity contribution in [1.82, 2.24) is 19.7 Å². The second-order valence-electron chi connectivity index (χ2n) is 5.84. The van der Waals surface area contributed by atoms with E-state index < -0.39 is 0 Å². The molecule has 23 heavy (non-hydrogen) atoms. The third kappa shape index (κ3) is 3.39. The number of piperidine rings is 1. The van der Waals surface area contributed by atoms with E-state index in [2.05, 4.69) is 30.9 Å². The third-order valence-electron chi connectivity index (χ3n) is 4.36. The van der Waals surface area contributed by atoms with Crippen LogP contribution in [0.25, 0.3) is 0 Å². The van der Waals surface area contributed by atoms with Crippen LogP contribution >= 0.6 is 15.9 Å². The summed E-state index contributed by atoms with van der Waals surface area (Å²) >= 11 is 3.55. The van der Waals surface area contributed by atoms with Gasteiger partial charge in [0, 0.05) is 51.8 Å². The van der Waals surface area contributed by atoms with E-state index in [4.69, 9.17) is 0 Å². The van der Waals surface area contributed by atoms with Gasteiger partial charge in [-0.25, -0.2) is 0 Å². The highest BCUT2D eigenvalue weighted by Crippen LogP contribution is 2.28. The maximum Gasteiger partial charge on any atom is 0.274 e. The molecule has 0 spiro atoms. The Morgan fingerprint density at radius 3 is 2.70 bits per heavy atom. The van der Waals surface area contributed by atoms with Crippen molar-refractivity contribution >= 4 is 27.5 Å². The summed E-state index contributed by atoms with van der Waals surface area (Å²) in [5.74, 6) is -0.00542. The fourth-order valence-electron chi connectivity index (χ4n) is 2.99. The first-order valence-corrected chi connectivity index (χ1v) is 8.47. The highest BCUT2D eigenvalue weighted by Gasteiger charge is 2.27. The molecule has 3 heterocycles. The molecule has 1 aliphatic rings. The summed E-state index contributed by atoms with van der Waals surface area (Å²) < 4.78 is 2.67. The fraction of sp³-hybridized carbons (Fsp3) is 0.438. The molecule has 0 bridgehead atoms. The molecule has 0 saturated carbocycles. The quantitative estimate of drug-likeness (QED) is 0.823. The molecule has 7 heteroatoms. The van der Waals surface area contributed by atoms with E-state index in [0.717, 1.165) is 36.1 Å². The van der Waals surface area contributed by atoms with Crippen molar-refractivity contribution < 1.29 is 4.79 Å². The third-order valence-corrected chi connectivity index (χ3v) is 4.97. The molecule has 0 N–H and O–H groups in total. The van der Waals surface area contributed by atoms with Gasteiger partial charge >= 0.3 is 0 Å². The Morgan fingerprint density at radius 1 is 1.35 bits per heavy atom.